The predicted molar refractivity (Wildman–Crippen MR) is 114 cm³/mol. The standard InChI is InChI=1S/C22H38N2OS/c1-2-3-4-5-6-7-8-9-10-11-12-16-21(25)23-19-15-20-26-22-17-13-14-18-24-22/h13-14,17-18H,2-12,15-16,19-20H2,1H3,(H,23,25). The van der Waals surface area contributed by atoms with Gasteiger partial charge >= 0.3 is 0 Å². The molecular formula is C22H38N2OS. The molecule has 0 bridgehead atoms. The molecule has 148 valence electrons. The van der Waals surface area contributed by atoms with Crippen LogP contribution in [-0.2, 0) is 4.79 Å². The van der Waals surface area contributed by atoms with Crippen LogP contribution in [0.15, 0.2) is 29.4 Å². The quantitative estimate of drug-likeness (QED) is 0.252. The molecule has 3 nitrogen and oxygen atoms in total. The summed E-state index contributed by atoms with van der Waals surface area (Å²) in [5.41, 5.74) is 0. The minimum absolute atomic E-state index is 0.212. The van der Waals surface area contributed by atoms with Crippen molar-refractivity contribution in [2.24, 2.45) is 0 Å². The highest BCUT2D eigenvalue weighted by molar-refractivity contribution is 7.99. The van der Waals surface area contributed by atoms with Crippen LogP contribution < -0.4 is 5.32 Å². The highest BCUT2D eigenvalue weighted by atomic mass is 32.2. The van der Waals surface area contributed by atoms with Crippen LogP contribution in [0.4, 0.5) is 0 Å². The van der Waals surface area contributed by atoms with E-state index in [-0.39, 0.29) is 5.91 Å². The van der Waals surface area contributed by atoms with Crippen molar-refractivity contribution in [2.45, 2.75) is 95.4 Å². The zero-order chi connectivity index (χ0) is 18.7. The van der Waals surface area contributed by atoms with Crippen LogP contribution in [0.25, 0.3) is 0 Å². The zero-order valence-corrected chi connectivity index (χ0v) is 17.5. The minimum atomic E-state index is 0.212. The van der Waals surface area contributed by atoms with Crippen molar-refractivity contribution < 1.29 is 4.79 Å². The van der Waals surface area contributed by atoms with Crippen LogP contribution >= 0.6 is 11.8 Å². The molecule has 1 rings (SSSR count). The van der Waals surface area contributed by atoms with Crippen molar-refractivity contribution in [1.82, 2.24) is 10.3 Å². The second-order valence-electron chi connectivity index (χ2n) is 7.01. The van der Waals surface area contributed by atoms with E-state index in [2.05, 4.69) is 17.2 Å². The van der Waals surface area contributed by atoms with E-state index in [0.717, 1.165) is 30.2 Å². The van der Waals surface area contributed by atoms with Gasteiger partial charge in [-0.05, 0) is 25.0 Å². The van der Waals surface area contributed by atoms with Crippen molar-refractivity contribution in [1.29, 1.82) is 0 Å². The second kappa shape index (κ2) is 17.4. The summed E-state index contributed by atoms with van der Waals surface area (Å²) in [6.45, 7) is 3.04. The lowest BCUT2D eigenvalue weighted by Gasteiger charge is -2.05. The van der Waals surface area contributed by atoms with Gasteiger partial charge in [0.05, 0.1) is 5.03 Å². The summed E-state index contributed by atoms with van der Waals surface area (Å²) in [5, 5.41) is 4.09. The summed E-state index contributed by atoms with van der Waals surface area (Å²) in [6, 6.07) is 5.96. The Labute approximate surface area is 165 Å². The number of thioether (sulfide) groups is 1. The molecular weight excluding hydrogens is 340 g/mol. The smallest absolute Gasteiger partial charge is 0.219 e. The third-order valence-electron chi connectivity index (χ3n) is 4.54. The minimum Gasteiger partial charge on any atom is -0.356 e. The van der Waals surface area contributed by atoms with Crippen LogP contribution in [0.1, 0.15) is 90.4 Å². The fourth-order valence-corrected chi connectivity index (χ4v) is 3.76. The summed E-state index contributed by atoms with van der Waals surface area (Å²) < 4.78 is 0. The van der Waals surface area contributed by atoms with Gasteiger partial charge in [-0.1, -0.05) is 77.2 Å². The molecule has 1 amide bonds. The Morgan fingerprint density at radius 1 is 0.923 bits per heavy atom. The molecule has 0 aliphatic heterocycles. The normalized spacial score (nSPS) is 10.8. The van der Waals surface area contributed by atoms with Gasteiger partial charge in [-0.15, -0.1) is 11.8 Å². The maximum absolute atomic E-state index is 11.8. The molecule has 1 aromatic heterocycles. The first kappa shape index (κ1) is 23.0. The zero-order valence-electron chi connectivity index (χ0n) is 16.7. The Kier molecular flexibility index (Phi) is 15.4. The topological polar surface area (TPSA) is 42.0 Å². The van der Waals surface area contributed by atoms with E-state index in [1.165, 1.54) is 64.2 Å². The first-order valence-electron chi connectivity index (χ1n) is 10.6. The van der Waals surface area contributed by atoms with Gasteiger partial charge in [-0.3, -0.25) is 4.79 Å². The first-order chi connectivity index (χ1) is 12.8. The van der Waals surface area contributed by atoms with E-state index in [1.807, 2.05) is 24.4 Å². The van der Waals surface area contributed by atoms with Crippen LogP contribution in [0.2, 0.25) is 0 Å². The van der Waals surface area contributed by atoms with Gasteiger partial charge in [0.2, 0.25) is 5.91 Å². The van der Waals surface area contributed by atoms with E-state index < -0.39 is 0 Å². The van der Waals surface area contributed by atoms with E-state index in [0.29, 0.717) is 6.42 Å². The van der Waals surface area contributed by atoms with Crippen molar-refractivity contribution in [2.75, 3.05) is 12.3 Å². The van der Waals surface area contributed by atoms with Gasteiger partial charge in [-0.25, -0.2) is 4.98 Å². The van der Waals surface area contributed by atoms with E-state index in [4.69, 9.17) is 0 Å². The Bertz CT molecular complexity index is 439. The third-order valence-corrected chi connectivity index (χ3v) is 5.57. The van der Waals surface area contributed by atoms with E-state index >= 15 is 0 Å². The van der Waals surface area contributed by atoms with Gasteiger partial charge in [0, 0.05) is 24.9 Å². The van der Waals surface area contributed by atoms with Crippen LogP contribution in [0.5, 0.6) is 0 Å². The second-order valence-corrected chi connectivity index (χ2v) is 8.12. The maximum atomic E-state index is 11.8. The number of unbranched alkanes of at least 4 members (excludes halogenated alkanes) is 10. The van der Waals surface area contributed by atoms with Crippen molar-refractivity contribution in [3.63, 3.8) is 0 Å². The van der Waals surface area contributed by atoms with Crippen LogP contribution in [0, 0.1) is 0 Å². The molecule has 0 unspecified atom stereocenters. The van der Waals surface area contributed by atoms with Gasteiger partial charge in [0.1, 0.15) is 0 Å². The maximum Gasteiger partial charge on any atom is 0.219 e. The number of hydrogen-bond acceptors (Lipinski definition) is 3. The number of carbonyl (C=O) groups is 1. The third kappa shape index (κ3) is 14.2. The fourth-order valence-electron chi connectivity index (χ4n) is 2.95. The number of nitrogens with zero attached hydrogens (tertiary/aromatic N) is 1. The fraction of sp³-hybridized carbons (Fsp3) is 0.727. The molecule has 0 aromatic carbocycles. The molecule has 0 aliphatic rings. The number of rotatable bonds is 17. The van der Waals surface area contributed by atoms with Crippen molar-refractivity contribution in [3.05, 3.63) is 24.4 Å². The number of nitrogens with one attached hydrogen (secondary N) is 1. The number of aromatic nitrogens is 1. The Balaban J connectivity index is 1.80. The average molecular weight is 379 g/mol. The van der Waals surface area contributed by atoms with Crippen molar-refractivity contribution >= 4 is 17.7 Å². The van der Waals surface area contributed by atoms with Crippen LogP contribution in [-0.4, -0.2) is 23.2 Å². The average Bonchev–Trinajstić information content (AvgIpc) is 2.66. The summed E-state index contributed by atoms with van der Waals surface area (Å²) >= 11 is 1.75. The summed E-state index contributed by atoms with van der Waals surface area (Å²) in [4.78, 5) is 16.1. The monoisotopic (exact) mass is 378 g/mol. The highest BCUT2D eigenvalue weighted by Crippen LogP contribution is 2.14. The molecule has 0 aliphatic carbocycles. The lowest BCUT2D eigenvalue weighted by atomic mass is 10.1. The van der Waals surface area contributed by atoms with Crippen molar-refractivity contribution in [3.8, 4) is 0 Å². The lowest BCUT2D eigenvalue weighted by molar-refractivity contribution is -0.121. The Morgan fingerprint density at radius 3 is 2.19 bits per heavy atom. The number of hydrogen-bond donors (Lipinski definition) is 1. The highest BCUT2D eigenvalue weighted by Gasteiger charge is 2.01. The molecule has 0 fully saturated rings. The van der Waals surface area contributed by atoms with Gasteiger partial charge in [0.25, 0.3) is 0 Å². The number of pyridine rings is 1. The molecule has 26 heavy (non-hydrogen) atoms. The summed E-state index contributed by atoms with van der Waals surface area (Å²) in [5.74, 6) is 1.21. The molecule has 0 saturated heterocycles. The molecule has 1 heterocycles. The molecule has 0 radical (unpaired) electrons. The van der Waals surface area contributed by atoms with Gasteiger partial charge in [-0.2, -0.15) is 0 Å². The number of amides is 1. The number of carbonyl (C=O) groups excluding carboxylic acids is 1. The van der Waals surface area contributed by atoms with E-state index in [1.54, 1.807) is 11.8 Å². The summed E-state index contributed by atoms with van der Waals surface area (Å²) in [6.07, 6.45) is 18.0. The lowest BCUT2D eigenvalue weighted by Crippen LogP contribution is -2.24. The molecule has 0 spiro atoms. The molecule has 4 heteroatoms. The molecule has 0 atom stereocenters. The Hall–Kier alpha value is -1.03. The molecule has 1 N–H and O–H groups in total. The largest absolute Gasteiger partial charge is 0.356 e. The van der Waals surface area contributed by atoms with Crippen LogP contribution in [0.3, 0.4) is 0 Å². The molecule has 0 saturated carbocycles. The summed E-state index contributed by atoms with van der Waals surface area (Å²) in [7, 11) is 0. The van der Waals surface area contributed by atoms with E-state index in [9.17, 15) is 4.79 Å². The van der Waals surface area contributed by atoms with Gasteiger partial charge in [0.15, 0.2) is 0 Å². The first-order valence-corrected chi connectivity index (χ1v) is 11.6. The molecule has 1 aromatic rings. The predicted octanol–water partition coefficient (Wildman–Crippen LogP) is 6.38. The van der Waals surface area contributed by atoms with Gasteiger partial charge < -0.3 is 5.32 Å². The SMILES string of the molecule is CCCCCCCCCCCCCC(=O)NCCCSc1ccccn1. The Morgan fingerprint density at radius 2 is 1.58 bits per heavy atom.